The second-order valence-corrected chi connectivity index (χ2v) is 6.83. The molecule has 0 radical (unpaired) electrons. The van der Waals surface area contributed by atoms with E-state index in [2.05, 4.69) is 6.92 Å². The summed E-state index contributed by atoms with van der Waals surface area (Å²) in [5, 5.41) is 9.98. The van der Waals surface area contributed by atoms with Gasteiger partial charge >= 0.3 is 5.97 Å². The summed E-state index contributed by atoms with van der Waals surface area (Å²) in [7, 11) is 0. The fraction of sp³-hybridized carbons (Fsp3) is 0.550. The molecular weight excluding hydrogens is 304 g/mol. The number of ether oxygens (including phenoxy) is 2. The van der Waals surface area contributed by atoms with E-state index in [9.17, 15) is 9.90 Å². The van der Waals surface area contributed by atoms with E-state index >= 15 is 0 Å². The molecule has 1 N–H and O–H groups in total. The van der Waals surface area contributed by atoms with Crippen molar-refractivity contribution in [1.82, 2.24) is 0 Å². The summed E-state index contributed by atoms with van der Waals surface area (Å²) >= 11 is 0. The lowest BCUT2D eigenvalue weighted by Gasteiger charge is -2.37. The monoisotopic (exact) mass is 332 g/mol. The van der Waals surface area contributed by atoms with E-state index in [1.807, 2.05) is 32.9 Å². The zero-order valence-corrected chi connectivity index (χ0v) is 15.4. The lowest BCUT2D eigenvalue weighted by Crippen LogP contribution is -2.36. The average molecular weight is 332 g/mol. The van der Waals surface area contributed by atoms with Gasteiger partial charge in [-0.2, -0.15) is 0 Å². The summed E-state index contributed by atoms with van der Waals surface area (Å²) in [6.45, 7) is 10.0. The highest BCUT2D eigenvalue weighted by molar-refractivity contribution is 5.87. The van der Waals surface area contributed by atoms with Crippen LogP contribution in [-0.2, 0) is 16.0 Å². The number of carbonyl (C=O) groups excluding carboxylic acids is 1. The van der Waals surface area contributed by atoms with Crippen LogP contribution in [0, 0.1) is 13.8 Å². The van der Waals surface area contributed by atoms with Crippen molar-refractivity contribution in [2.75, 3.05) is 6.61 Å². The third-order valence-electron chi connectivity index (χ3n) is 4.88. The van der Waals surface area contributed by atoms with E-state index in [4.69, 9.17) is 9.47 Å². The molecule has 1 heterocycles. The van der Waals surface area contributed by atoms with Crippen molar-refractivity contribution in [2.45, 2.75) is 65.9 Å². The SMILES string of the molecule is CCOC(=O)/C(C)=C/CCC1(C)CCc2cc(O)c(C)c(C)c2O1. The Balaban J connectivity index is 2.07. The molecule has 132 valence electrons. The Labute approximate surface area is 144 Å². The Kier molecular flexibility index (Phi) is 5.58. The molecule has 1 aromatic rings. The first-order chi connectivity index (χ1) is 11.3. The number of phenolic OH excluding ortho intramolecular Hbond substituents is 1. The second-order valence-electron chi connectivity index (χ2n) is 6.83. The van der Waals surface area contributed by atoms with Crippen LogP contribution in [0.3, 0.4) is 0 Å². The number of allylic oxidation sites excluding steroid dienone is 1. The molecule has 2 rings (SSSR count). The Morgan fingerprint density at radius 2 is 2.12 bits per heavy atom. The summed E-state index contributed by atoms with van der Waals surface area (Å²) in [5.41, 5.74) is 3.34. The van der Waals surface area contributed by atoms with Crippen LogP contribution in [0.1, 0.15) is 56.7 Å². The second kappa shape index (κ2) is 7.29. The predicted molar refractivity (Wildman–Crippen MR) is 94.6 cm³/mol. The number of fused-ring (bicyclic) bond motifs is 1. The van der Waals surface area contributed by atoms with Crippen LogP contribution in [0.15, 0.2) is 17.7 Å². The number of aromatic hydroxyl groups is 1. The van der Waals surface area contributed by atoms with Crippen molar-refractivity contribution < 1.29 is 19.4 Å². The van der Waals surface area contributed by atoms with E-state index in [-0.39, 0.29) is 11.6 Å². The van der Waals surface area contributed by atoms with Crippen molar-refractivity contribution >= 4 is 5.97 Å². The third-order valence-corrected chi connectivity index (χ3v) is 4.88. The molecule has 1 unspecified atom stereocenters. The quantitative estimate of drug-likeness (QED) is 0.642. The van der Waals surface area contributed by atoms with Gasteiger partial charge in [-0.3, -0.25) is 0 Å². The average Bonchev–Trinajstić information content (AvgIpc) is 2.54. The van der Waals surface area contributed by atoms with Gasteiger partial charge in [-0.25, -0.2) is 4.79 Å². The highest BCUT2D eigenvalue weighted by Crippen LogP contribution is 2.41. The molecule has 0 aromatic heterocycles. The molecule has 0 bridgehead atoms. The van der Waals surface area contributed by atoms with Crippen LogP contribution < -0.4 is 4.74 Å². The van der Waals surface area contributed by atoms with Crippen molar-refractivity contribution in [1.29, 1.82) is 0 Å². The molecule has 1 atom stereocenters. The minimum Gasteiger partial charge on any atom is -0.508 e. The molecule has 0 aliphatic carbocycles. The predicted octanol–water partition coefficient (Wildman–Crippen LogP) is 4.38. The largest absolute Gasteiger partial charge is 0.508 e. The van der Waals surface area contributed by atoms with E-state index < -0.39 is 0 Å². The smallest absolute Gasteiger partial charge is 0.333 e. The molecule has 4 heteroatoms. The third kappa shape index (κ3) is 3.92. The van der Waals surface area contributed by atoms with Gasteiger partial charge in [0.15, 0.2) is 0 Å². The zero-order chi connectivity index (χ0) is 17.9. The summed E-state index contributed by atoms with van der Waals surface area (Å²) in [6, 6.07) is 1.82. The first-order valence-electron chi connectivity index (χ1n) is 8.62. The molecule has 0 fully saturated rings. The molecule has 1 aliphatic heterocycles. The highest BCUT2D eigenvalue weighted by atomic mass is 16.5. The first-order valence-corrected chi connectivity index (χ1v) is 8.62. The lowest BCUT2D eigenvalue weighted by molar-refractivity contribution is -0.138. The number of phenols is 1. The summed E-state index contributed by atoms with van der Waals surface area (Å²) in [5.74, 6) is 0.996. The summed E-state index contributed by atoms with van der Waals surface area (Å²) in [6.07, 6.45) is 5.32. The molecule has 0 spiro atoms. The van der Waals surface area contributed by atoms with E-state index in [0.29, 0.717) is 17.9 Å². The maximum Gasteiger partial charge on any atom is 0.333 e. The number of esters is 1. The minimum absolute atomic E-state index is 0.250. The molecule has 0 saturated heterocycles. The van der Waals surface area contributed by atoms with Crippen molar-refractivity contribution in [3.05, 3.63) is 34.4 Å². The van der Waals surface area contributed by atoms with Crippen molar-refractivity contribution in [3.63, 3.8) is 0 Å². The summed E-state index contributed by atoms with van der Waals surface area (Å²) in [4.78, 5) is 11.6. The molecule has 0 amide bonds. The van der Waals surface area contributed by atoms with Crippen LogP contribution >= 0.6 is 0 Å². The zero-order valence-electron chi connectivity index (χ0n) is 15.4. The van der Waals surface area contributed by atoms with Crippen LogP contribution in [0.2, 0.25) is 0 Å². The molecule has 1 aliphatic rings. The first kappa shape index (κ1) is 18.4. The lowest BCUT2D eigenvalue weighted by atomic mass is 9.87. The van der Waals surface area contributed by atoms with Gasteiger partial charge in [0.25, 0.3) is 0 Å². The van der Waals surface area contributed by atoms with Gasteiger partial charge in [0.2, 0.25) is 0 Å². The molecule has 1 aromatic carbocycles. The van der Waals surface area contributed by atoms with Crippen molar-refractivity contribution in [2.24, 2.45) is 0 Å². The molecule has 0 saturated carbocycles. The molecule has 24 heavy (non-hydrogen) atoms. The number of aryl methyl sites for hydroxylation is 1. The van der Waals surface area contributed by atoms with Gasteiger partial charge in [-0.1, -0.05) is 6.08 Å². The number of hydrogen-bond donors (Lipinski definition) is 1. The number of rotatable bonds is 5. The van der Waals surface area contributed by atoms with Gasteiger partial charge in [0, 0.05) is 5.57 Å². The Morgan fingerprint density at radius 3 is 2.79 bits per heavy atom. The van der Waals surface area contributed by atoms with E-state index in [1.165, 1.54) is 0 Å². The van der Waals surface area contributed by atoms with Crippen LogP contribution in [-0.4, -0.2) is 23.3 Å². The van der Waals surface area contributed by atoms with Gasteiger partial charge in [-0.15, -0.1) is 0 Å². The fourth-order valence-electron chi connectivity index (χ4n) is 3.06. The normalized spacial score (nSPS) is 20.3. The number of hydrogen-bond acceptors (Lipinski definition) is 4. The van der Waals surface area contributed by atoms with Gasteiger partial charge in [-0.05, 0) is 83.1 Å². The maximum absolute atomic E-state index is 11.6. The fourth-order valence-corrected chi connectivity index (χ4v) is 3.06. The summed E-state index contributed by atoms with van der Waals surface area (Å²) < 4.78 is 11.3. The number of benzene rings is 1. The Hall–Kier alpha value is -1.97. The van der Waals surface area contributed by atoms with Gasteiger partial charge in [0.1, 0.15) is 17.1 Å². The van der Waals surface area contributed by atoms with Gasteiger partial charge in [0.05, 0.1) is 6.61 Å². The number of carbonyl (C=O) groups is 1. The highest BCUT2D eigenvalue weighted by Gasteiger charge is 2.32. The minimum atomic E-state index is -0.257. The molecule has 4 nitrogen and oxygen atoms in total. The van der Waals surface area contributed by atoms with Crippen LogP contribution in [0.25, 0.3) is 0 Å². The molecular formula is C20H28O4. The van der Waals surface area contributed by atoms with E-state index in [1.54, 1.807) is 6.92 Å². The van der Waals surface area contributed by atoms with Gasteiger partial charge < -0.3 is 14.6 Å². The maximum atomic E-state index is 11.6. The topological polar surface area (TPSA) is 55.8 Å². The van der Waals surface area contributed by atoms with Crippen LogP contribution in [0.5, 0.6) is 11.5 Å². The van der Waals surface area contributed by atoms with Crippen LogP contribution in [0.4, 0.5) is 0 Å². The Bertz CT molecular complexity index is 660. The standard InChI is InChI=1S/C20H28O4/c1-6-23-19(22)13(2)8-7-10-20(5)11-9-16-12-17(21)14(3)15(4)18(16)24-20/h8,12,21H,6-7,9-11H2,1-5H3/b13-8+. The van der Waals surface area contributed by atoms with Crippen molar-refractivity contribution in [3.8, 4) is 11.5 Å². The Morgan fingerprint density at radius 1 is 1.42 bits per heavy atom. The van der Waals surface area contributed by atoms with E-state index in [0.717, 1.165) is 48.1 Å².